The highest BCUT2D eigenvalue weighted by molar-refractivity contribution is 7.89. The number of hydrogen-bond donors (Lipinski definition) is 2. The van der Waals surface area contributed by atoms with E-state index in [0.717, 1.165) is 12.1 Å². The van der Waals surface area contributed by atoms with Crippen molar-refractivity contribution in [3.63, 3.8) is 0 Å². The molecule has 144 valence electrons. The lowest BCUT2D eigenvalue weighted by atomic mass is 10.2. The summed E-state index contributed by atoms with van der Waals surface area (Å²) < 4.78 is 51.1. The lowest BCUT2D eigenvalue weighted by Gasteiger charge is -2.26. The summed E-state index contributed by atoms with van der Waals surface area (Å²) in [5.74, 6) is -1.15. The van der Waals surface area contributed by atoms with Crippen molar-refractivity contribution in [1.29, 1.82) is 0 Å². The van der Waals surface area contributed by atoms with E-state index in [4.69, 9.17) is 9.47 Å². The lowest BCUT2D eigenvalue weighted by Crippen LogP contribution is -2.43. The van der Waals surface area contributed by atoms with Crippen LogP contribution in [0.2, 0.25) is 0 Å². The van der Waals surface area contributed by atoms with Gasteiger partial charge in [0.05, 0.1) is 26.4 Å². The molecule has 2 N–H and O–H groups in total. The Hall–Kier alpha value is -1.59. The van der Waals surface area contributed by atoms with Gasteiger partial charge in [-0.15, -0.1) is 0 Å². The summed E-state index contributed by atoms with van der Waals surface area (Å²) in [6.45, 7) is 2.61. The van der Waals surface area contributed by atoms with E-state index in [1.807, 2.05) is 0 Å². The van der Waals surface area contributed by atoms with Crippen molar-refractivity contribution in [2.24, 2.45) is 0 Å². The monoisotopic (exact) mass is 387 g/mol. The molecule has 1 aromatic rings. The SMILES string of the molecule is O=C(CC1COCCN1)Nc1ccc(F)c(S(=O)(=O)N2CCOCC2)c1. The molecule has 1 atom stereocenters. The first-order valence-electron chi connectivity index (χ1n) is 8.45. The Morgan fingerprint density at radius 1 is 1.27 bits per heavy atom. The second-order valence-electron chi connectivity index (χ2n) is 6.14. The first-order chi connectivity index (χ1) is 12.5. The van der Waals surface area contributed by atoms with Crippen molar-refractivity contribution >= 4 is 21.6 Å². The van der Waals surface area contributed by atoms with Crippen molar-refractivity contribution < 1.29 is 27.1 Å². The molecule has 1 aromatic carbocycles. The van der Waals surface area contributed by atoms with Crippen LogP contribution in [-0.2, 0) is 24.3 Å². The van der Waals surface area contributed by atoms with Crippen molar-refractivity contribution in [2.75, 3.05) is 51.4 Å². The third-order valence-corrected chi connectivity index (χ3v) is 6.15. The van der Waals surface area contributed by atoms with Crippen molar-refractivity contribution in [1.82, 2.24) is 9.62 Å². The molecule has 0 aliphatic carbocycles. The van der Waals surface area contributed by atoms with Gasteiger partial charge in [0.15, 0.2) is 0 Å². The van der Waals surface area contributed by atoms with Gasteiger partial charge in [0.25, 0.3) is 0 Å². The molecule has 2 aliphatic rings. The van der Waals surface area contributed by atoms with E-state index in [-0.39, 0.29) is 50.4 Å². The van der Waals surface area contributed by atoms with Gasteiger partial charge in [0.1, 0.15) is 10.7 Å². The van der Waals surface area contributed by atoms with Crippen LogP contribution in [0, 0.1) is 5.82 Å². The Kier molecular flexibility index (Phi) is 6.20. The molecule has 2 aliphatic heterocycles. The molecule has 10 heteroatoms. The summed E-state index contributed by atoms with van der Waals surface area (Å²) in [4.78, 5) is 11.7. The Morgan fingerprint density at radius 3 is 2.73 bits per heavy atom. The molecule has 0 aromatic heterocycles. The molecule has 0 spiro atoms. The van der Waals surface area contributed by atoms with Crippen LogP contribution in [-0.4, -0.2) is 70.7 Å². The fourth-order valence-electron chi connectivity index (χ4n) is 2.89. The van der Waals surface area contributed by atoms with Crippen LogP contribution in [0.5, 0.6) is 0 Å². The number of amides is 1. The minimum atomic E-state index is -3.98. The molecule has 3 rings (SSSR count). The quantitative estimate of drug-likeness (QED) is 0.747. The third kappa shape index (κ3) is 4.57. The molecule has 0 saturated carbocycles. The summed E-state index contributed by atoms with van der Waals surface area (Å²) in [5.41, 5.74) is 0.236. The van der Waals surface area contributed by atoms with Crippen LogP contribution in [0.1, 0.15) is 6.42 Å². The summed E-state index contributed by atoms with van der Waals surface area (Å²) in [5, 5.41) is 5.79. The minimum absolute atomic E-state index is 0.0965. The Morgan fingerprint density at radius 2 is 2.04 bits per heavy atom. The maximum Gasteiger partial charge on any atom is 0.246 e. The van der Waals surface area contributed by atoms with E-state index in [1.165, 1.54) is 10.4 Å². The summed E-state index contributed by atoms with van der Waals surface area (Å²) >= 11 is 0. The Bertz CT molecular complexity index is 746. The smallest absolute Gasteiger partial charge is 0.246 e. The number of anilines is 1. The number of carbonyl (C=O) groups is 1. The fourth-order valence-corrected chi connectivity index (χ4v) is 4.39. The van der Waals surface area contributed by atoms with Crippen LogP contribution in [0.25, 0.3) is 0 Å². The fraction of sp³-hybridized carbons (Fsp3) is 0.562. The number of nitrogens with zero attached hydrogens (tertiary/aromatic N) is 1. The van der Waals surface area contributed by atoms with Crippen molar-refractivity contribution in [3.8, 4) is 0 Å². The second kappa shape index (κ2) is 8.40. The zero-order valence-corrected chi connectivity index (χ0v) is 15.1. The van der Waals surface area contributed by atoms with Gasteiger partial charge in [-0.25, -0.2) is 12.8 Å². The van der Waals surface area contributed by atoms with Crippen molar-refractivity contribution in [3.05, 3.63) is 24.0 Å². The number of halogens is 1. The summed E-state index contributed by atoms with van der Waals surface area (Å²) in [7, 11) is -3.98. The van der Waals surface area contributed by atoms with Crippen LogP contribution < -0.4 is 10.6 Å². The minimum Gasteiger partial charge on any atom is -0.379 e. The Balaban J connectivity index is 1.71. The predicted molar refractivity (Wildman–Crippen MR) is 91.8 cm³/mol. The Labute approximate surface area is 151 Å². The number of hydrogen-bond acceptors (Lipinski definition) is 6. The van der Waals surface area contributed by atoms with Crippen LogP contribution in [0.15, 0.2) is 23.1 Å². The van der Waals surface area contributed by atoms with Gasteiger partial charge in [0, 0.05) is 37.8 Å². The van der Waals surface area contributed by atoms with Gasteiger partial charge in [0.2, 0.25) is 15.9 Å². The molecular weight excluding hydrogens is 365 g/mol. The molecule has 8 nitrogen and oxygen atoms in total. The molecule has 2 saturated heterocycles. The standard InChI is InChI=1S/C16H22FN3O5S/c17-14-2-1-12(19-16(21)10-13-11-25-6-3-18-13)9-15(14)26(22,23)20-4-7-24-8-5-20/h1-2,9,13,18H,3-8,10-11H2,(H,19,21). The molecule has 1 unspecified atom stereocenters. The van der Waals surface area contributed by atoms with Gasteiger partial charge in [-0.05, 0) is 18.2 Å². The maximum atomic E-state index is 14.2. The number of carbonyl (C=O) groups excluding carboxylic acids is 1. The zero-order valence-electron chi connectivity index (χ0n) is 14.2. The third-order valence-electron chi connectivity index (χ3n) is 4.23. The maximum absolute atomic E-state index is 14.2. The van der Waals surface area contributed by atoms with E-state index in [1.54, 1.807) is 0 Å². The molecule has 0 radical (unpaired) electrons. The molecule has 2 heterocycles. The highest BCUT2D eigenvalue weighted by Gasteiger charge is 2.29. The number of rotatable bonds is 5. The van der Waals surface area contributed by atoms with Crippen LogP contribution >= 0.6 is 0 Å². The topological polar surface area (TPSA) is 97.0 Å². The highest BCUT2D eigenvalue weighted by atomic mass is 32.2. The lowest BCUT2D eigenvalue weighted by molar-refractivity contribution is -0.117. The molecule has 0 bridgehead atoms. The highest BCUT2D eigenvalue weighted by Crippen LogP contribution is 2.24. The van der Waals surface area contributed by atoms with Gasteiger partial charge in [-0.1, -0.05) is 0 Å². The van der Waals surface area contributed by atoms with E-state index in [2.05, 4.69) is 10.6 Å². The van der Waals surface area contributed by atoms with E-state index in [9.17, 15) is 17.6 Å². The van der Waals surface area contributed by atoms with Crippen molar-refractivity contribution in [2.45, 2.75) is 17.4 Å². The van der Waals surface area contributed by atoms with E-state index in [0.29, 0.717) is 19.8 Å². The second-order valence-corrected chi connectivity index (χ2v) is 8.05. The summed E-state index contributed by atoms with van der Waals surface area (Å²) in [6, 6.07) is 3.45. The molecule has 1 amide bonds. The number of morpholine rings is 2. The molecule has 2 fully saturated rings. The molecule has 26 heavy (non-hydrogen) atoms. The normalized spacial score (nSPS) is 22.1. The van der Waals surface area contributed by atoms with E-state index >= 15 is 0 Å². The van der Waals surface area contributed by atoms with Crippen LogP contribution in [0.3, 0.4) is 0 Å². The van der Waals surface area contributed by atoms with Gasteiger partial charge < -0.3 is 20.1 Å². The number of ether oxygens (including phenoxy) is 2. The number of sulfonamides is 1. The number of benzene rings is 1. The first kappa shape index (κ1) is 19.2. The van der Waals surface area contributed by atoms with Gasteiger partial charge >= 0.3 is 0 Å². The zero-order chi connectivity index (χ0) is 18.6. The summed E-state index contributed by atoms with van der Waals surface area (Å²) in [6.07, 6.45) is 0.183. The predicted octanol–water partition coefficient (Wildman–Crippen LogP) is 0.164. The first-order valence-corrected chi connectivity index (χ1v) is 9.89. The number of nitrogens with one attached hydrogen (secondary N) is 2. The average Bonchev–Trinajstić information content (AvgIpc) is 2.64. The van der Waals surface area contributed by atoms with E-state index < -0.39 is 20.7 Å². The van der Waals surface area contributed by atoms with Gasteiger partial charge in [-0.2, -0.15) is 4.31 Å². The van der Waals surface area contributed by atoms with Gasteiger partial charge in [-0.3, -0.25) is 4.79 Å². The van der Waals surface area contributed by atoms with Crippen LogP contribution in [0.4, 0.5) is 10.1 Å². The largest absolute Gasteiger partial charge is 0.379 e. The molecular formula is C16H22FN3O5S. The average molecular weight is 387 g/mol.